The first-order valence-electron chi connectivity index (χ1n) is 5.78. The van der Waals surface area contributed by atoms with Gasteiger partial charge in [0.15, 0.2) is 0 Å². The van der Waals surface area contributed by atoms with Gasteiger partial charge in [-0.25, -0.2) is 13.6 Å². The van der Waals surface area contributed by atoms with Crippen LogP contribution in [0.2, 0.25) is 0 Å². The van der Waals surface area contributed by atoms with Crippen LogP contribution in [0.15, 0.2) is 17.0 Å². The lowest BCUT2D eigenvalue weighted by atomic mass is 10.1. The van der Waals surface area contributed by atoms with Crippen molar-refractivity contribution in [2.75, 3.05) is 20.7 Å². The Morgan fingerprint density at radius 2 is 2.05 bits per heavy atom. The van der Waals surface area contributed by atoms with E-state index in [0.717, 1.165) is 19.2 Å². The summed E-state index contributed by atoms with van der Waals surface area (Å²) in [5.41, 5.74) is -0.798. The van der Waals surface area contributed by atoms with Crippen LogP contribution in [0.1, 0.15) is 17.3 Å². The molecule has 116 valence electrons. The summed E-state index contributed by atoms with van der Waals surface area (Å²) < 4.78 is 27.9. The highest BCUT2D eigenvalue weighted by atomic mass is 32.2. The molecule has 0 bridgehead atoms. The molecule has 0 radical (unpaired) electrons. The summed E-state index contributed by atoms with van der Waals surface area (Å²) in [6, 6.07) is 1.93. The lowest BCUT2D eigenvalue weighted by molar-refractivity contribution is -0.386. The fourth-order valence-corrected chi connectivity index (χ4v) is 2.36. The van der Waals surface area contributed by atoms with Crippen LogP contribution in [0.5, 0.6) is 5.75 Å². The van der Waals surface area contributed by atoms with Gasteiger partial charge in [-0.05, 0) is 13.0 Å². The molecule has 1 amide bonds. The third-order valence-corrected chi connectivity index (χ3v) is 3.73. The van der Waals surface area contributed by atoms with E-state index < -0.39 is 37.2 Å². The molecule has 21 heavy (non-hydrogen) atoms. The van der Waals surface area contributed by atoms with E-state index in [2.05, 4.69) is 0 Å². The van der Waals surface area contributed by atoms with Crippen molar-refractivity contribution < 1.29 is 22.9 Å². The van der Waals surface area contributed by atoms with Gasteiger partial charge in [-0.3, -0.25) is 14.9 Å². The number of nitro groups is 1. The highest BCUT2D eigenvalue weighted by Crippen LogP contribution is 2.35. The summed E-state index contributed by atoms with van der Waals surface area (Å²) in [4.78, 5) is 22.9. The van der Waals surface area contributed by atoms with Gasteiger partial charge in [0.25, 0.3) is 5.91 Å². The second-order valence-electron chi connectivity index (χ2n) is 4.15. The molecule has 0 atom stereocenters. The van der Waals surface area contributed by atoms with Crippen molar-refractivity contribution in [2.45, 2.75) is 11.8 Å². The fourth-order valence-electron chi connectivity index (χ4n) is 1.63. The molecule has 0 aromatic heterocycles. The SMILES string of the molecule is CCN(C)C(=O)c1cc([N+](=O)[O-])c(OC)c(S(N)(=O)=O)c1. The van der Waals surface area contributed by atoms with E-state index in [-0.39, 0.29) is 5.56 Å². The molecule has 0 aliphatic carbocycles. The van der Waals surface area contributed by atoms with Crippen molar-refractivity contribution in [2.24, 2.45) is 5.14 Å². The molecule has 0 unspecified atom stereocenters. The summed E-state index contributed by atoms with van der Waals surface area (Å²) in [6.45, 7) is 2.06. The van der Waals surface area contributed by atoms with Gasteiger partial charge in [0.2, 0.25) is 15.8 Å². The molecule has 1 aromatic carbocycles. The van der Waals surface area contributed by atoms with Gasteiger partial charge in [0.1, 0.15) is 4.90 Å². The molecule has 2 N–H and O–H groups in total. The van der Waals surface area contributed by atoms with Crippen molar-refractivity contribution in [1.29, 1.82) is 0 Å². The van der Waals surface area contributed by atoms with Crippen molar-refractivity contribution in [3.8, 4) is 5.75 Å². The normalized spacial score (nSPS) is 11.0. The van der Waals surface area contributed by atoms with Crippen molar-refractivity contribution in [3.63, 3.8) is 0 Å². The van der Waals surface area contributed by atoms with Crippen LogP contribution in [0.3, 0.4) is 0 Å². The number of nitro benzene ring substituents is 1. The molecular weight excluding hydrogens is 302 g/mol. The Balaban J connectivity index is 3.69. The first-order valence-corrected chi connectivity index (χ1v) is 7.32. The monoisotopic (exact) mass is 317 g/mol. The van der Waals surface area contributed by atoms with E-state index in [9.17, 15) is 23.3 Å². The number of nitrogens with two attached hydrogens (primary N) is 1. The van der Waals surface area contributed by atoms with Gasteiger partial charge in [0, 0.05) is 25.2 Å². The maximum absolute atomic E-state index is 12.1. The Morgan fingerprint density at radius 3 is 2.43 bits per heavy atom. The molecule has 0 aliphatic heterocycles. The van der Waals surface area contributed by atoms with Crippen molar-refractivity contribution >= 4 is 21.6 Å². The predicted molar refractivity (Wildman–Crippen MR) is 73.7 cm³/mol. The second-order valence-corrected chi connectivity index (χ2v) is 5.68. The number of ether oxygens (including phenoxy) is 1. The summed E-state index contributed by atoms with van der Waals surface area (Å²) in [5, 5.41) is 16.1. The van der Waals surface area contributed by atoms with E-state index in [1.807, 2.05) is 0 Å². The largest absolute Gasteiger partial charge is 0.489 e. The van der Waals surface area contributed by atoms with E-state index in [1.54, 1.807) is 6.92 Å². The number of nitrogens with zero attached hydrogens (tertiary/aromatic N) is 2. The van der Waals surface area contributed by atoms with E-state index in [4.69, 9.17) is 9.88 Å². The molecule has 0 heterocycles. The summed E-state index contributed by atoms with van der Waals surface area (Å²) in [6.07, 6.45) is 0. The van der Waals surface area contributed by atoms with Gasteiger partial charge < -0.3 is 9.64 Å². The molecule has 9 nitrogen and oxygen atoms in total. The Morgan fingerprint density at radius 1 is 1.48 bits per heavy atom. The molecule has 10 heteroatoms. The van der Waals surface area contributed by atoms with Crippen LogP contribution in [-0.2, 0) is 10.0 Å². The Labute approximate surface area is 121 Å². The third kappa shape index (κ3) is 3.47. The topological polar surface area (TPSA) is 133 Å². The van der Waals surface area contributed by atoms with Crippen molar-refractivity contribution in [1.82, 2.24) is 4.90 Å². The van der Waals surface area contributed by atoms with Crippen LogP contribution >= 0.6 is 0 Å². The molecule has 1 rings (SSSR count). The zero-order valence-electron chi connectivity index (χ0n) is 11.7. The van der Waals surface area contributed by atoms with Gasteiger partial charge in [-0.15, -0.1) is 0 Å². The van der Waals surface area contributed by atoms with Crippen LogP contribution in [0.25, 0.3) is 0 Å². The summed E-state index contributed by atoms with van der Waals surface area (Å²) in [7, 11) is -1.73. The van der Waals surface area contributed by atoms with Gasteiger partial charge in [0.05, 0.1) is 12.0 Å². The van der Waals surface area contributed by atoms with E-state index in [1.165, 1.54) is 11.9 Å². The van der Waals surface area contributed by atoms with Crippen molar-refractivity contribution in [3.05, 3.63) is 27.8 Å². The molecule has 0 aliphatic rings. The lowest BCUT2D eigenvalue weighted by Gasteiger charge is -2.16. The van der Waals surface area contributed by atoms with Gasteiger partial charge in [-0.2, -0.15) is 0 Å². The zero-order valence-corrected chi connectivity index (χ0v) is 12.5. The molecule has 0 saturated heterocycles. The number of methoxy groups -OCH3 is 1. The second kappa shape index (κ2) is 6.06. The number of carbonyl (C=O) groups excluding carboxylic acids is 1. The molecule has 1 aromatic rings. The highest BCUT2D eigenvalue weighted by Gasteiger charge is 2.28. The van der Waals surface area contributed by atoms with Crippen LogP contribution in [-0.4, -0.2) is 44.9 Å². The number of primary sulfonamides is 1. The lowest BCUT2D eigenvalue weighted by Crippen LogP contribution is -2.27. The minimum absolute atomic E-state index is 0.157. The highest BCUT2D eigenvalue weighted by molar-refractivity contribution is 7.89. The van der Waals surface area contributed by atoms with Gasteiger partial charge in [-0.1, -0.05) is 0 Å². The number of hydrogen-bond acceptors (Lipinski definition) is 6. The maximum Gasteiger partial charge on any atom is 0.313 e. The molecule has 0 saturated carbocycles. The Kier molecular flexibility index (Phi) is 4.86. The van der Waals surface area contributed by atoms with Crippen LogP contribution < -0.4 is 9.88 Å². The number of sulfonamides is 1. The predicted octanol–water partition coefficient (Wildman–Crippen LogP) is 0.343. The number of rotatable bonds is 5. The quantitative estimate of drug-likeness (QED) is 0.615. The van der Waals surface area contributed by atoms with E-state index in [0.29, 0.717) is 6.54 Å². The first kappa shape index (κ1) is 16.9. The average Bonchev–Trinajstić information content (AvgIpc) is 2.42. The molecule has 0 spiro atoms. The molecule has 0 fully saturated rings. The molecular formula is C11H15N3O6S. The number of hydrogen-bond donors (Lipinski definition) is 1. The number of benzene rings is 1. The third-order valence-electron chi connectivity index (χ3n) is 2.81. The minimum atomic E-state index is -4.29. The maximum atomic E-state index is 12.1. The summed E-state index contributed by atoms with van der Waals surface area (Å²) in [5.74, 6) is -1.06. The Bertz CT molecular complexity index is 685. The fraction of sp³-hybridized carbons (Fsp3) is 0.364. The van der Waals surface area contributed by atoms with E-state index >= 15 is 0 Å². The van der Waals surface area contributed by atoms with Gasteiger partial charge >= 0.3 is 5.69 Å². The first-order chi connectivity index (χ1) is 9.63. The smallest absolute Gasteiger partial charge is 0.313 e. The Hall–Kier alpha value is -2.20. The number of amides is 1. The zero-order chi connectivity index (χ0) is 16.4. The minimum Gasteiger partial charge on any atom is -0.489 e. The van der Waals surface area contributed by atoms with Crippen LogP contribution in [0.4, 0.5) is 5.69 Å². The van der Waals surface area contributed by atoms with Crippen LogP contribution in [0, 0.1) is 10.1 Å². The average molecular weight is 317 g/mol. The summed E-state index contributed by atoms with van der Waals surface area (Å²) >= 11 is 0. The number of carbonyl (C=O) groups is 1. The standard InChI is InChI=1S/C11H15N3O6S/c1-4-13(2)11(15)7-5-8(14(16)17)10(20-3)9(6-7)21(12,18)19/h5-6H,4H2,1-3H3,(H2,12,18,19).